The molecule has 4 heteroatoms. The lowest BCUT2D eigenvalue weighted by Crippen LogP contribution is -2.40. The van der Waals surface area contributed by atoms with Gasteiger partial charge in [0, 0.05) is 34.9 Å². The standard InChI is InChI=1S/C39H43NO3/c1-21-16-22(2)32(23(3)17-21)30-20-31(41)33-29(19-26-18-25-14-15-39(26,6)38(25,4)5)28-13-12-24-10-8-9-11-27(24)35(28)40-36(33)34(30)37(42)43-7/h8-13,16-17,19,25,29-30,34,40H,14-15,18,20H2,1-7H3/t25-,29+,30+,34+,39+/m0/s1. The van der Waals surface area contributed by atoms with Gasteiger partial charge in [0.25, 0.3) is 0 Å². The van der Waals surface area contributed by atoms with E-state index in [-0.39, 0.29) is 34.4 Å². The summed E-state index contributed by atoms with van der Waals surface area (Å²) in [4.78, 5) is 28.3. The summed E-state index contributed by atoms with van der Waals surface area (Å²) < 4.78 is 5.52. The van der Waals surface area contributed by atoms with Crippen LogP contribution in [0.4, 0.5) is 5.69 Å². The Balaban J connectivity index is 1.48. The average molecular weight is 574 g/mol. The van der Waals surface area contributed by atoms with E-state index in [9.17, 15) is 9.59 Å². The first kappa shape index (κ1) is 28.1. The Kier molecular flexibility index (Phi) is 6.33. The first-order valence-corrected chi connectivity index (χ1v) is 15.9. The van der Waals surface area contributed by atoms with Crippen molar-refractivity contribution in [2.24, 2.45) is 22.7 Å². The van der Waals surface area contributed by atoms with Crippen molar-refractivity contribution in [1.82, 2.24) is 0 Å². The summed E-state index contributed by atoms with van der Waals surface area (Å²) >= 11 is 0. The lowest BCUT2D eigenvalue weighted by Gasteiger charge is -2.41. The second-order valence-corrected chi connectivity index (χ2v) is 14.4. The molecule has 3 aromatic carbocycles. The van der Waals surface area contributed by atoms with E-state index in [1.54, 1.807) is 0 Å². The Bertz CT molecular complexity index is 1750. The van der Waals surface area contributed by atoms with Crippen LogP contribution < -0.4 is 5.32 Å². The molecule has 4 nitrogen and oxygen atoms in total. The van der Waals surface area contributed by atoms with E-state index in [0.717, 1.165) is 56.4 Å². The number of allylic oxidation sites excluding steroid dienone is 3. The average Bonchev–Trinajstić information content (AvgIpc) is 3.30. The number of nitrogens with one attached hydrogen (secondary N) is 1. The fraction of sp³-hybridized carbons (Fsp3) is 0.436. The minimum absolute atomic E-state index is 0.110. The fourth-order valence-corrected chi connectivity index (χ4v) is 9.51. The van der Waals surface area contributed by atoms with Crippen LogP contribution in [0.2, 0.25) is 0 Å². The number of hydrogen-bond acceptors (Lipinski definition) is 4. The molecule has 5 atom stereocenters. The van der Waals surface area contributed by atoms with Gasteiger partial charge in [-0.3, -0.25) is 9.59 Å². The topological polar surface area (TPSA) is 55.4 Å². The Labute approximate surface area is 255 Å². The third-order valence-corrected chi connectivity index (χ3v) is 12.1. The number of methoxy groups -OCH3 is 1. The predicted molar refractivity (Wildman–Crippen MR) is 173 cm³/mol. The van der Waals surface area contributed by atoms with Gasteiger partial charge in [-0.2, -0.15) is 0 Å². The van der Waals surface area contributed by atoms with E-state index in [4.69, 9.17) is 4.74 Å². The van der Waals surface area contributed by atoms with E-state index >= 15 is 0 Å². The molecule has 2 bridgehead atoms. The third kappa shape index (κ3) is 3.94. The number of rotatable bonds is 3. The van der Waals surface area contributed by atoms with Crippen LogP contribution in [0, 0.1) is 43.4 Å². The van der Waals surface area contributed by atoms with Crippen molar-refractivity contribution in [3.63, 3.8) is 0 Å². The number of carbonyl (C=O) groups is 2. The first-order chi connectivity index (χ1) is 20.5. The maximum atomic E-state index is 14.5. The molecule has 0 amide bonds. The number of esters is 1. The highest BCUT2D eigenvalue weighted by Gasteiger charge is 2.59. The largest absolute Gasteiger partial charge is 0.468 e. The lowest BCUT2D eigenvalue weighted by molar-refractivity contribution is -0.145. The zero-order chi connectivity index (χ0) is 30.4. The number of benzene rings is 3. The Morgan fingerprint density at radius 3 is 2.37 bits per heavy atom. The molecule has 0 saturated heterocycles. The van der Waals surface area contributed by atoms with Gasteiger partial charge < -0.3 is 10.1 Å². The maximum absolute atomic E-state index is 14.5. The third-order valence-electron chi connectivity index (χ3n) is 12.1. The van der Waals surface area contributed by atoms with Gasteiger partial charge in [-0.25, -0.2) is 0 Å². The molecular weight excluding hydrogens is 530 g/mol. The molecule has 0 unspecified atom stereocenters. The number of Topliss-reactive ketones (excluding diaryl/α,β-unsaturated/α-hetero) is 1. The molecular formula is C39H43NO3. The zero-order valence-corrected chi connectivity index (χ0v) is 26.6. The van der Waals surface area contributed by atoms with E-state index in [1.807, 2.05) is 0 Å². The van der Waals surface area contributed by atoms with Crippen LogP contribution in [-0.4, -0.2) is 18.9 Å². The van der Waals surface area contributed by atoms with Crippen LogP contribution in [-0.2, 0) is 14.3 Å². The molecule has 1 heterocycles. The summed E-state index contributed by atoms with van der Waals surface area (Å²) in [6.45, 7) is 13.6. The zero-order valence-electron chi connectivity index (χ0n) is 26.6. The molecule has 0 radical (unpaired) electrons. The van der Waals surface area contributed by atoms with Crippen molar-refractivity contribution >= 4 is 28.2 Å². The van der Waals surface area contributed by atoms with Crippen LogP contribution in [0.5, 0.6) is 0 Å². The number of fused-ring (bicyclic) bond motifs is 5. The van der Waals surface area contributed by atoms with Gasteiger partial charge in [-0.1, -0.05) is 86.5 Å². The molecule has 3 aromatic rings. The molecule has 3 aliphatic carbocycles. The van der Waals surface area contributed by atoms with E-state index < -0.39 is 5.92 Å². The molecule has 0 spiro atoms. The number of ketones is 1. The second kappa shape index (κ2) is 9.67. The van der Waals surface area contributed by atoms with Crippen molar-refractivity contribution in [1.29, 1.82) is 0 Å². The normalized spacial score (nSPS) is 29.9. The lowest BCUT2D eigenvalue weighted by atomic mass is 9.65. The van der Waals surface area contributed by atoms with Gasteiger partial charge in [0.05, 0.1) is 12.8 Å². The number of carbonyl (C=O) groups excluding carboxylic acids is 2. The number of hydrogen-bond donors (Lipinski definition) is 1. The molecule has 0 aromatic heterocycles. The summed E-state index contributed by atoms with van der Waals surface area (Å²) in [5, 5.41) is 5.97. The molecule has 2 saturated carbocycles. The Hall–Kier alpha value is -3.66. The summed E-state index contributed by atoms with van der Waals surface area (Å²) in [5.41, 5.74) is 9.91. The van der Waals surface area contributed by atoms with Crippen molar-refractivity contribution in [3.8, 4) is 0 Å². The quantitative estimate of drug-likeness (QED) is 0.251. The summed E-state index contributed by atoms with van der Waals surface area (Å²) in [5.74, 6) is -0.607. The van der Waals surface area contributed by atoms with Crippen LogP contribution in [0.3, 0.4) is 0 Å². The predicted octanol–water partition coefficient (Wildman–Crippen LogP) is 8.85. The maximum Gasteiger partial charge on any atom is 0.315 e. The van der Waals surface area contributed by atoms with Crippen LogP contribution in [0.25, 0.3) is 10.8 Å². The number of aryl methyl sites for hydroxylation is 3. The molecule has 43 heavy (non-hydrogen) atoms. The van der Waals surface area contributed by atoms with E-state index in [2.05, 4.69) is 101 Å². The minimum Gasteiger partial charge on any atom is -0.468 e. The first-order valence-electron chi connectivity index (χ1n) is 15.9. The Morgan fingerprint density at radius 1 is 1.00 bits per heavy atom. The van der Waals surface area contributed by atoms with Crippen LogP contribution in [0.15, 0.2) is 71.5 Å². The number of anilines is 1. The van der Waals surface area contributed by atoms with Gasteiger partial charge in [0.15, 0.2) is 5.78 Å². The molecule has 1 N–H and O–H groups in total. The molecule has 2 fully saturated rings. The van der Waals surface area contributed by atoms with E-state index in [1.165, 1.54) is 31.1 Å². The molecule has 222 valence electrons. The highest BCUT2D eigenvalue weighted by atomic mass is 16.5. The molecule has 7 rings (SSSR count). The van der Waals surface area contributed by atoms with Crippen LogP contribution in [0.1, 0.15) is 86.1 Å². The second-order valence-electron chi connectivity index (χ2n) is 14.4. The smallest absolute Gasteiger partial charge is 0.315 e. The minimum atomic E-state index is -0.599. The highest BCUT2D eigenvalue weighted by molar-refractivity contribution is 6.07. The van der Waals surface area contributed by atoms with Gasteiger partial charge in [-0.05, 0) is 84.4 Å². The van der Waals surface area contributed by atoms with Gasteiger partial charge in [0.1, 0.15) is 5.92 Å². The van der Waals surface area contributed by atoms with E-state index in [0.29, 0.717) is 12.3 Å². The van der Waals surface area contributed by atoms with Crippen molar-refractivity contribution in [2.45, 2.75) is 79.1 Å². The monoisotopic (exact) mass is 573 g/mol. The SMILES string of the molecule is COC(=O)[C@H]1C2=C(C(=O)C[C@@H]1c1c(C)cc(C)cc1C)[C@H](C=C1C[C@@H]3CC[C@@]1(C)C3(C)C)c1ccc3ccccc3c1N2. The van der Waals surface area contributed by atoms with Gasteiger partial charge in [0.2, 0.25) is 0 Å². The number of ether oxygens (including phenoxy) is 1. The summed E-state index contributed by atoms with van der Waals surface area (Å²) in [6.07, 6.45) is 6.25. The summed E-state index contributed by atoms with van der Waals surface area (Å²) in [7, 11) is 1.47. The summed E-state index contributed by atoms with van der Waals surface area (Å²) in [6, 6.07) is 17.1. The fourth-order valence-electron chi connectivity index (χ4n) is 9.51. The molecule has 1 aliphatic heterocycles. The van der Waals surface area contributed by atoms with Crippen molar-refractivity contribution in [3.05, 3.63) is 99.3 Å². The highest BCUT2D eigenvalue weighted by Crippen LogP contribution is 2.68. The van der Waals surface area contributed by atoms with Crippen molar-refractivity contribution in [2.75, 3.05) is 12.4 Å². The molecule has 4 aliphatic rings. The van der Waals surface area contributed by atoms with Crippen molar-refractivity contribution < 1.29 is 14.3 Å². The van der Waals surface area contributed by atoms with Gasteiger partial charge in [-0.15, -0.1) is 0 Å². The Morgan fingerprint density at radius 2 is 1.72 bits per heavy atom. The van der Waals surface area contributed by atoms with Gasteiger partial charge >= 0.3 is 5.97 Å². The van der Waals surface area contributed by atoms with Crippen LogP contribution >= 0.6 is 0 Å².